The van der Waals surface area contributed by atoms with Crippen molar-refractivity contribution in [3.05, 3.63) is 40.9 Å². The van der Waals surface area contributed by atoms with Crippen LogP contribution in [0.4, 0.5) is 0 Å². The van der Waals surface area contributed by atoms with Crippen molar-refractivity contribution >= 4 is 12.2 Å². The second-order valence-corrected chi connectivity index (χ2v) is 3.97. The van der Waals surface area contributed by atoms with Gasteiger partial charge in [-0.1, -0.05) is 6.07 Å². The molecule has 0 unspecified atom stereocenters. The molecule has 1 N–H and O–H groups in total. The van der Waals surface area contributed by atoms with Crippen molar-refractivity contribution in [2.24, 2.45) is 0 Å². The summed E-state index contributed by atoms with van der Waals surface area (Å²) in [6.07, 6.45) is 3.74. The summed E-state index contributed by atoms with van der Waals surface area (Å²) >= 11 is 5.15. The standard InChI is InChI=1S/C12H14N2O2S/c1-15-10-4-3-9(7-11(10)16-2)8-14-6-5-13-12(14)17/h3-7H,8H2,1-2H3,(H,13,17). The molecule has 0 aliphatic heterocycles. The van der Waals surface area contributed by atoms with Gasteiger partial charge in [0.2, 0.25) is 0 Å². The van der Waals surface area contributed by atoms with E-state index in [-0.39, 0.29) is 0 Å². The van der Waals surface area contributed by atoms with Crippen molar-refractivity contribution in [3.63, 3.8) is 0 Å². The highest BCUT2D eigenvalue weighted by molar-refractivity contribution is 7.71. The molecule has 2 rings (SSSR count). The van der Waals surface area contributed by atoms with E-state index in [9.17, 15) is 0 Å². The van der Waals surface area contributed by atoms with E-state index >= 15 is 0 Å². The van der Waals surface area contributed by atoms with Gasteiger partial charge in [0.25, 0.3) is 0 Å². The quantitative estimate of drug-likeness (QED) is 0.848. The summed E-state index contributed by atoms with van der Waals surface area (Å²) in [6, 6.07) is 5.84. The van der Waals surface area contributed by atoms with E-state index in [1.807, 2.05) is 35.2 Å². The van der Waals surface area contributed by atoms with Crippen LogP contribution in [0.3, 0.4) is 0 Å². The number of ether oxygens (including phenoxy) is 2. The average molecular weight is 250 g/mol. The Labute approximate surface area is 105 Å². The highest BCUT2D eigenvalue weighted by atomic mass is 32.1. The van der Waals surface area contributed by atoms with Crippen LogP contribution in [0.5, 0.6) is 11.5 Å². The number of hydrogen-bond donors (Lipinski definition) is 1. The Morgan fingerprint density at radius 2 is 2.00 bits per heavy atom. The Morgan fingerprint density at radius 3 is 2.59 bits per heavy atom. The van der Waals surface area contributed by atoms with E-state index in [1.54, 1.807) is 14.2 Å². The molecule has 1 heterocycles. The molecule has 0 aliphatic rings. The molecule has 0 amide bonds. The SMILES string of the molecule is COc1ccc(Cn2cc[nH]c2=S)cc1OC. The molecule has 1 aromatic heterocycles. The van der Waals surface area contributed by atoms with E-state index < -0.39 is 0 Å². The zero-order valence-corrected chi connectivity index (χ0v) is 10.6. The lowest BCUT2D eigenvalue weighted by Gasteiger charge is -2.09. The van der Waals surface area contributed by atoms with Gasteiger partial charge in [-0.05, 0) is 29.9 Å². The summed E-state index contributed by atoms with van der Waals surface area (Å²) in [4.78, 5) is 2.96. The molecule has 0 fully saturated rings. The first-order chi connectivity index (χ1) is 8.24. The number of nitrogens with one attached hydrogen (secondary N) is 1. The first-order valence-electron chi connectivity index (χ1n) is 5.19. The summed E-state index contributed by atoms with van der Waals surface area (Å²) in [7, 11) is 3.25. The second kappa shape index (κ2) is 5.05. The lowest BCUT2D eigenvalue weighted by Crippen LogP contribution is -1.99. The summed E-state index contributed by atoms with van der Waals surface area (Å²) < 4.78 is 13.1. The van der Waals surface area contributed by atoms with Gasteiger partial charge < -0.3 is 19.0 Å². The van der Waals surface area contributed by atoms with Crippen LogP contribution in [0.1, 0.15) is 5.56 Å². The van der Waals surface area contributed by atoms with Crippen LogP contribution < -0.4 is 9.47 Å². The average Bonchev–Trinajstić information content (AvgIpc) is 2.75. The Morgan fingerprint density at radius 1 is 1.24 bits per heavy atom. The Balaban J connectivity index is 2.28. The molecule has 4 nitrogen and oxygen atoms in total. The van der Waals surface area contributed by atoms with Crippen LogP contribution in [0.2, 0.25) is 0 Å². The van der Waals surface area contributed by atoms with Gasteiger partial charge in [0.15, 0.2) is 16.3 Å². The fourth-order valence-corrected chi connectivity index (χ4v) is 1.84. The van der Waals surface area contributed by atoms with Crippen LogP contribution in [0.15, 0.2) is 30.6 Å². The predicted octanol–water partition coefficient (Wildman–Crippen LogP) is 2.61. The molecule has 2 aromatic rings. The van der Waals surface area contributed by atoms with Gasteiger partial charge in [-0.3, -0.25) is 0 Å². The molecular weight excluding hydrogens is 236 g/mol. The van der Waals surface area contributed by atoms with E-state index in [0.29, 0.717) is 11.3 Å². The van der Waals surface area contributed by atoms with E-state index in [2.05, 4.69) is 4.98 Å². The first kappa shape index (κ1) is 11.7. The number of aromatic nitrogens is 2. The lowest BCUT2D eigenvalue weighted by molar-refractivity contribution is 0.354. The maximum absolute atomic E-state index is 5.26. The van der Waals surface area contributed by atoms with Crippen molar-refractivity contribution in [2.45, 2.75) is 6.54 Å². The number of nitrogens with zero attached hydrogens (tertiary/aromatic N) is 1. The van der Waals surface area contributed by atoms with E-state index in [0.717, 1.165) is 17.1 Å². The van der Waals surface area contributed by atoms with Crippen molar-refractivity contribution in [3.8, 4) is 11.5 Å². The van der Waals surface area contributed by atoms with Crippen molar-refractivity contribution < 1.29 is 9.47 Å². The molecule has 0 saturated heterocycles. The molecule has 90 valence electrons. The monoisotopic (exact) mass is 250 g/mol. The number of rotatable bonds is 4. The summed E-state index contributed by atoms with van der Waals surface area (Å²) in [5, 5.41) is 0. The van der Waals surface area contributed by atoms with E-state index in [4.69, 9.17) is 21.7 Å². The van der Waals surface area contributed by atoms with Gasteiger partial charge in [0.05, 0.1) is 14.2 Å². The van der Waals surface area contributed by atoms with Crippen LogP contribution in [-0.4, -0.2) is 23.8 Å². The number of aromatic amines is 1. The highest BCUT2D eigenvalue weighted by Crippen LogP contribution is 2.27. The van der Waals surface area contributed by atoms with Gasteiger partial charge in [0.1, 0.15) is 0 Å². The maximum atomic E-state index is 5.26. The van der Waals surface area contributed by atoms with Crippen LogP contribution >= 0.6 is 12.2 Å². The number of benzene rings is 1. The number of H-pyrrole nitrogens is 1. The predicted molar refractivity (Wildman–Crippen MR) is 68.3 cm³/mol. The fourth-order valence-electron chi connectivity index (χ4n) is 1.65. The normalized spacial score (nSPS) is 10.2. The van der Waals surface area contributed by atoms with Gasteiger partial charge in [-0.15, -0.1) is 0 Å². The fraction of sp³-hybridized carbons (Fsp3) is 0.250. The zero-order chi connectivity index (χ0) is 12.3. The van der Waals surface area contributed by atoms with Crippen LogP contribution in [0.25, 0.3) is 0 Å². The van der Waals surface area contributed by atoms with Gasteiger partial charge in [0, 0.05) is 18.9 Å². The minimum atomic E-state index is 0.708. The maximum Gasteiger partial charge on any atom is 0.177 e. The molecule has 1 aromatic carbocycles. The largest absolute Gasteiger partial charge is 0.493 e. The van der Waals surface area contributed by atoms with Crippen molar-refractivity contribution in [1.29, 1.82) is 0 Å². The molecule has 0 bridgehead atoms. The Kier molecular flexibility index (Phi) is 3.49. The highest BCUT2D eigenvalue weighted by Gasteiger charge is 2.05. The minimum absolute atomic E-state index is 0.708. The molecule has 0 atom stereocenters. The molecule has 0 saturated carbocycles. The number of hydrogen-bond acceptors (Lipinski definition) is 3. The lowest BCUT2D eigenvalue weighted by atomic mass is 10.2. The Bertz CT molecular complexity index is 560. The second-order valence-electron chi connectivity index (χ2n) is 3.58. The summed E-state index contributed by atoms with van der Waals surface area (Å²) in [5.41, 5.74) is 1.11. The van der Waals surface area contributed by atoms with Crippen LogP contribution in [0, 0.1) is 4.77 Å². The third-order valence-electron chi connectivity index (χ3n) is 2.52. The van der Waals surface area contributed by atoms with Crippen molar-refractivity contribution in [1.82, 2.24) is 9.55 Å². The first-order valence-corrected chi connectivity index (χ1v) is 5.60. The molecule has 0 radical (unpaired) electrons. The number of methoxy groups -OCH3 is 2. The third kappa shape index (κ3) is 2.50. The van der Waals surface area contributed by atoms with Crippen LogP contribution in [-0.2, 0) is 6.54 Å². The Hall–Kier alpha value is -1.75. The van der Waals surface area contributed by atoms with Crippen molar-refractivity contribution in [2.75, 3.05) is 14.2 Å². The number of imidazole rings is 1. The molecule has 0 spiro atoms. The molecule has 17 heavy (non-hydrogen) atoms. The van der Waals surface area contributed by atoms with Gasteiger partial charge in [-0.25, -0.2) is 0 Å². The van der Waals surface area contributed by atoms with E-state index in [1.165, 1.54) is 0 Å². The van der Waals surface area contributed by atoms with Gasteiger partial charge >= 0.3 is 0 Å². The molecular formula is C12H14N2O2S. The topological polar surface area (TPSA) is 39.2 Å². The molecule has 5 heteroatoms. The smallest absolute Gasteiger partial charge is 0.177 e. The third-order valence-corrected chi connectivity index (χ3v) is 2.88. The molecule has 0 aliphatic carbocycles. The summed E-state index contributed by atoms with van der Waals surface area (Å²) in [5.74, 6) is 1.46. The summed E-state index contributed by atoms with van der Waals surface area (Å²) in [6.45, 7) is 0.711. The van der Waals surface area contributed by atoms with Gasteiger partial charge in [-0.2, -0.15) is 0 Å². The minimum Gasteiger partial charge on any atom is -0.493 e. The zero-order valence-electron chi connectivity index (χ0n) is 9.77.